The summed E-state index contributed by atoms with van der Waals surface area (Å²) in [6.45, 7) is 7.81. The number of anilines is 1. The van der Waals surface area contributed by atoms with Crippen LogP contribution >= 0.6 is 0 Å². The molecule has 1 atom stereocenters. The number of carbonyl (C=O) groups is 1. The van der Waals surface area contributed by atoms with Gasteiger partial charge in [0.05, 0.1) is 0 Å². The zero-order valence-corrected chi connectivity index (χ0v) is 18.6. The smallest absolute Gasteiger partial charge is 0.321 e. The molecule has 3 rings (SSSR count). The molecule has 7 nitrogen and oxygen atoms in total. The number of urea groups is 1. The Morgan fingerprint density at radius 1 is 1.13 bits per heavy atom. The van der Waals surface area contributed by atoms with E-state index in [2.05, 4.69) is 38.8 Å². The van der Waals surface area contributed by atoms with Crippen LogP contribution in [-0.2, 0) is 6.54 Å². The van der Waals surface area contributed by atoms with Crippen LogP contribution in [0.1, 0.15) is 51.0 Å². The molecule has 166 valence electrons. The lowest BCUT2D eigenvalue weighted by Gasteiger charge is -2.35. The number of nitrogens with one attached hydrogen (secondary N) is 3. The summed E-state index contributed by atoms with van der Waals surface area (Å²) >= 11 is 0. The molecule has 1 aromatic carbocycles. The minimum absolute atomic E-state index is 0.00168. The van der Waals surface area contributed by atoms with E-state index in [-0.39, 0.29) is 6.03 Å². The van der Waals surface area contributed by atoms with Gasteiger partial charge in [-0.1, -0.05) is 25.5 Å². The lowest BCUT2D eigenvalue weighted by molar-refractivity contribution is 0.147. The molecule has 2 aliphatic rings. The van der Waals surface area contributed by atoms with E-state index in [1.807, 2.05) is 23.1 Å². The molecule has 2 heterocycles. The molecule has 0 spiro atoms. The van der Waals surface area contributed by atoms with Crippen LogP contribution in [0.15, 0.2) is 29.3 Å². The normalized spacial score (nSPS) is 20.3. The summed E-state index contributed by atoms with van der Waals surface area (Å²) in [5.41, 5.74) is 1.95. The van der Waals surface area contributed by atoms with Gasteiger partial charge in [-0.05, 0) is 56.3 Å². The third-order valence-electron chi connectivity index (χ3n) is 6.17. The van der Waals surface area contributed by atoms with Gasteiger partial charge in [-0.3, -0.25) is 9.89 Å². The van der Waals surface area contributed by atoms with E-state index < -0.39 is 0 Å². The first kappa shape index (κ1) is 22.4. The van der Waals surface area contributed by atoms with E-state index >= 15 is 0 Å². The van der Waals surface area contributed by atoms with Gasteiger partial charge in [-0.2, -0.15) is 0 Å². The molecule has 0 aliphatic carbocycles. The number of benzene rings is 1. The number of guanidine groups is 1. The molecular formula is C23H38N6O. The van der Waals surface area contributed by atoms with Crippen LogP contribution < -0.4 is 16.0 Å². The minimum Gasteiger partial charge on any atom is -0.355 e. The summed E-state index contributed by atoms with van der Waals surface area (Å²) in [5.74, 6) is 0.812. The van der Waals surface area contributed by atoms with Gasteiger partial charge in [-0.25, -0.2) is 4.79 Å². The molecule has 1 aromatic rings. The third-order valence-corrected chi connectivity index (χ3v) is 6.17. The number of amides is 2. The van der Waals surface area contributed by atoms with Crippen LogP contribution in [0.5, 0.6) is 0 Å². The molecule has 1 unspecified atom stereocenters. The van der Waals surface area contributed by atoms with Gasteiger partial charge >= 0.3 is 6.03 Å². The van der Waals surface area contributed by atoms with Crippen molar-refractivity contribution >= 4 is 17.7 Å². The average molecular weight is 415 g/mol. The molecular weight excluding hydrogens is 376 g/mol. The van der Waals surface area contributed by atoms with Crippen molar-refractivity contribution in [2.45, 2.75) is 58.0 Å². The predicted molar refractivity (Wildman–Crippen MR) is 124 cm³/mol. The zero-order chi connectivity index (χ0) is 21.2. The zero-order valence-electron chi connectivity index (χ0n) is 18.6. The second-order valence-electron chi connectivity index (χ2n) is 8.27. The van der Waals surface area contributed by atoms with Gasteiger partial charge in [0, 0.05) is 51.5 Å². The molecule has 2 saturated heterocycles. The molecule has 0 radical (unpaired) electrons. The van der Waals surface area contributed by atoms with Crippen LogP contribution in [0, 0.1) is 0 Å². The summed E-state index contributed by atoms with van der Waals surface area (Å²) in [4.78, 5) is 21.1. The number of rotatable bonds is 7. The number of nitrogens with zero attached hydrogens (tertiary/aromatic N) is 3. The lowest BCUT2D eigenvalue weighted by atomic mass is 10.0. The SMILES string of the molecule is CCC1CCCCN1CCNC(=NC)NCc1cccc(NC(=O)N2CCCC2)c1. The number of carbonyl (C=O) groups excluding carboxylic acids is 1. The first-order chi connectivity index (χ1) is 14.7. The maximum atomic E-state index is 12.3. The Labute approximate surface area is 181 Å². The number of aliphatic imine (C=N–C) groups is 1. The van der Waals surface area contributed by atoms with E-state index in [1.54, 1.807) is 7.05 Å². The van der Waals surface area contributed by atoms with Gasteiger partial charge in [0.15, 0.2) is 5.96 Å². The number of hydrogen-bond donors (Lipinski definition) is 3. The fourth-order valence-electron chi connectivity index (χ4n) is 4.42. The van der Waals surface area contributed by atoms with Gasteiger partial charge in [0.1, 0.15) is 0 Å². The Bertz CT molecular complexity index is 701. The van der Waals surface area contributed by atoms with Gasteiger partial charge in [0.25, 0.3) is 0 Å². The predicted octanol–water partition coefficient (Wildman–Crippen LogP) is 3.24. The van der Waals surface area contributed by atoms with E-state index in [4.69, 9.17) is 0 Å². The number of hydrogen-bond acceptors (Lipinski definition) is 3. The fourth-order valence-corrected chi connectivity index (χ4v) is 4.42. The highest BCUT2D eigenvalue weighted by Gasteiger charge is 2.20. The van der Waals surface area contributed by atoms with Crippen molar-refractivity contribution in [3.63, 3.8) is 0 Å². The second-order valence-corrected chi connectivity index (χ2v) is 8.27. The van der Waals surface area contributed by atoms with Crippen molar-refractivity contribution in [2.75, 3.05) is 45.1 Å². The summed E-state index contributed by atoms with van der Waals surface area (Å²) in [5, 5.41) is 9.83. The number of likely N-dealkylation sites (tertiary alicyclic amines) is 2. The van der Waals surface area contributed by atoms with Crippen LogP contribution in [0.2, 0.25) is 0 Å². The fraction of sp³-hybridized carbons (Fsp3) is 0.652. The average Bonchev–Trinajstić information content (AvgIpc) is 3.32. The van der Waals surface area contributed by atoms with Gasteiger partial charge in [0.2, 0.25) is 0 Å². The summed E-state index contributed by atoms with van der Waals surface area (Å²) in [7, 11) is 1.80. The van der Waals surface area contributed by atoms with Crippen LogP contribution in [-0.4, -0.2) is 67.6 Å². The quantitative estimate of drug-likeness (QED) is 0.473. The largest absolute Gasteiger partial charge is 0.355 e. The molecule has 2 fully saturated rings. The maximum Gasteiger partial charge on any atom is 0.321 e. The second kappa shape index (κ2) is 11.8. The van der Waals surface area contributed by atoms with Gasteiger partial charge in [-0.15, -0.1) is 0 Å². The highest BCUT2D eigenvalue weighted by atomic mass is 16.2. The summed E-state index contributed by atoms with van der Waals surface area (Å²) in [6, 6.07) is 8.73. The molecule has 2 aliphatic heterocycles. The molecule has 3 N–H and O–H groups in total. The monoisotopic (exact) mass is 414 g/mol. The lowest BCUT2D eigenvalue weighted by Crippen LogP contribution is -2.45. The highest BCUT2D eigenvalue weighted by molar-refractivity contribution is 5.89. The van der Waals surface area contributed by atoms with Crippen molar-refractivity contribution in [3.8, 4) is 0 Å². The standard InChI is InChI=1S/C23H38N6O/c1-3-21-11-4-5-13-28(21)16-12-25-22(24-2)26-18-19-9-8-10-20(17-19)27-23(30)29-14-6-7-15-29/h8-10,17,21H,3-7,11-16,18H2,1-2H3,(H,27,30)(H2,24,25,26). The Morgan fingerprint density at radius 3 is 2.70 bits per heavy atom. The van der Waals surface area contributed by atoms with E-state index in [0.29, 0.717) is 6.54 Å². The van der Waals surface area contributed by atoms with Crippen LogP contribution in [0.25, 0.3) is 0 Å². The van der Waals surface area contributed by atoms with Gasteiger partial charge < -0.3 is 20.9 Å². The Balaban J connectivity index is 1.42. The maximum absolute atomic E-state index is 12.3. The van der Waals surface area contributed by atoms with Crippen molar-refractivity contribution in [3.05, 3.63) is 29.8 Å². The number of piperidine rings is 1. The molecule has 30 heavy (non-hydrogen) atoms. The van der Waals surface area contributed by atoms with E-state index in [9.17, 15) is 4.79 Å². The van der Waals surface area contributed by atoms with Crippen molar-refractivity contribution in [1.29, 1.82) is 0 Å². The van der Waals surface area contributed by atoms with Crippen molar-refractivity contribution in [1.82, 2.24) is 20.4 Å². The molecule has 0 bridgehead atoms. The van der Waals surface area contributed by atoms with E-state index in [1.165, 1.54) is 32.2 Å². The Morgan fingerprint density at radius 2 is 1.93 bits per heavy atom. The summed E-state index contributed by atoms with van der Waals surface area (Å²) in [6.07, 6.45) is 7.43. The van der Waals surface area contributed by atoms with Crippen LogP contribution in [0.3, 0.4) is 0 Å². The Hall–Kier alpha value is -2.28. The Kier molecular flexibility index (Phi) is 8.81. The van der Waals surface area contributed by atoms with E-state index in [0.717, 1.165) is 62.3 Å². The molecule has 0 saturated carbocycles. The molecule has 0 aromatic heterocycles. The summed E-state index contributed by atoms with van der Waals surface area (Å²) < 4.78 is 0. The first-order valence-electron chi connectivity index (χ1n) is 11.5. The van der Waals surface area contributed by atoms with Crippen LogP contribution in [0.4, 0.5) is 10.5 Å². The molecule has 2 amide bonds. The topological polar surface area (TPSA) is 72.0 Å². The first-order valence-corrected chi connectivity index (χ1v) is 11.5. The van der Waals surface area contributed by atoms with Crippen molar-refractivity contribution < 1.29 is 4.79 Å². The molecule has 7 heteroatoms. The van der Waals surface area contributed by atoms with Crippen molar-refractivity contribution in [2.24, 2.45) is 4.99 Å². The third kappa shape index (κ3) is 6.62. The highest BCUT2D eigenvalue weighted by Crippen LogP contribution is 2.18. The minimum atomic E-state index is -0.00168.